The number of benzene rings is 2. The Kier molecular flexibility index (Phi) is 6.47. The SMILES string of the molecule is CC(C)C(=O)Cc1cncc(C(=O)Nc2ccc3nc(-c4ccc(C(F)(F)F)cc4)sc3c2)c1. The van der Waals surface area contributed by atoms with Gasteiger partial charge < -0.3 is 5.32 Å². The molecule has 2 aromatic heterocycles. The zero-order valence-electron chi connectivity index (χ0n) is 18.3. The largest absolute Gasteiger partial charge is 0.416 e. The van der Waals surface area contributed by atoms with Gasteiger partial charge in [0.1, 0.15) is 10.8 Å². The lowest BCUT2D eigenvalue weighted by Gasteiger charge is -2.07. The van der Waals surface area contributed by atoms with E-state index in [4.69, 9.17) is 0 Å². The smallest absolute Gasteiger partial charge is 0.322 e. The van der Waals surface area contributed by atoms with Crippen LogP contribution in [0, 0.1) is 5.92 Å². The first kappa shape index (κ1) is 23.6. The lowest BCUT2D eigenvalue weighted by atomic mass is 10.0. The maximum atomic E-state index is 12.8. The van der Waals surface area contributed by atoms with Gasteiger partial charge in [0.05, 0.1) is 21.3 Å². The molecule has 0 radical (unpaired) electrons. The van der Waals surface area contributed by atoms with E-state index in [0.29, 0.717) is 32.9 Å². The summed E-state index contributed by atoms with van der Waals surface area (Å²) in [5.74, 6) is -0.395. The number of alkyl halides is 3. The van der Waals surface area contributed by atoms with Gasteiger partial charge in [-0.25, -0.2) is 4.98 Å². The number of nitrogens with zero attached hydrogens (tertiary/aromatic N) is 2. The van der Waals surface area contributed by atoms with Crippen LogP contribution in [-0.2, 0) is 17.4 Å². The molecule has 5 nitrogen and oxygen atoms in total. The van der Waals surface area contributed by atoms with Crippen LogP contribution in [0.5, 0.6) is 0 Å². The van der Waals surface area contributed by atoms with Gasteiger partial charge >= 0.3 is 6.18 Å². The van der Waals surface area contributed by atoms with Gasteiger partial charge in [-0.1, -0.05) is 26.0 Å². The van der Waals surface area contributed by atoms with Gasteiger partial charge in [0.2, 0.25) is 0 Å². The molecule has 0 atom stereocenters. The first-order valence-corrected chi connectivity index (χ1v) is 11.3. The van der Waals surface area contributed by atoms with Crippen molar-refractivity contribution in [2.75, 3.05) is 5.32 Å². The molecular formula is C25H20F3N3O2S. The average molecular weight is 484 g/mol. The van der Waals surface area contributed by atoms with Crippen molar-refractivity contribution in [3.8, 4) is 10.6 Å². The predicted octanol–water partition coefficient (Wildman–Crippen LogP) is 6.40. The Balaban J connectivity index is 1.51. The monoisotopic (exact) mass is 483 g/mol. The molecule has 9 heteroatoms. The summed E-state index contributed by atoms with van der Waals surface area (Å²) < 4.78 is 39.2. The van der Waals surface area contributed by atoms with Crippen LogP contribution in [0.2, 0.25) is 0 Å². The maximum Gasteiger partial charge on any atom is 0.416 e. The molecule has 174 valence electrons. The average Bonchev–Trinajstić information content (AvgIpc) is 3.22. The molecule has 34 heavy (non-hydrogen) atoms. The molecule has 4 aromatic rings. The minimum Gasteiger partial charge on any atom is -0.322 e. The number of halogens is 3. The highest BCUT2D eigenvalue weighted by atomic mass is 32.1. The number of carbonyl (C=O) groups is 2. The summed E-state index contributed by atoms with van der Waals surface area (Å²) in [4.78, 5) is 33.3. The van der Waals surface area contributed by atoms with Crippen LogP contribution < -0.4 is 5.32 Å². The zero-order chi connectivity index (χ0) is 24.5. The molecule has 0 bridgehead atoms. The molecule has 2 heterocycles. The van der Waals surface area contributed by atoms with E-state index >= 15 is 0 Å². The quantitative estimate of drug-likeness (QED) is 0.345. The molecule has 0 aliphatic heterocycles. The first-order chi connectivity index (χ1) is 16.1. The van der Waals surface area contributed by atoms with Crippen LogP contribution in [0.3, 0.4) is 0 Å². The van der Waals surface area contributed by atoms with E-state index in [1.165, 1.54) is 29.7 Å². The summed E-state index contributed by atoms with van der Waals surface area (Å²) in [6, 6.07) is 11.7. The number of fused-ring (bicyclic) bond motifs is 1. The fraction of sp³-hybridized carbons (Fsp3) is 0.200. The van der Waals surface area contributed by atoms with Crippen LogP contribution >= 0.6 is 11.3 Å². The lowest BCUT2D eigenvalue weighted by Crippen LogP contribution is -2.14. The Morgan fingerprint density at radius 3 is 2.44 bits per heavy atom. The van der Waals surface area contributed by atoms with Gasteiger partial charge in [-0.3, -0.25) is 14.6 Å². The van der Waals surface area contributed by atoms with E-state index in [-0.39, 0.29) is 24.0 Å². The number of hydrogen-bond acceptors (Lipinski definition) is 5. The van der Waals surface area contributed by atoms with Crippen LogP contribution in [-0.4, -0.2) is 21.7 Å². The second kappa shape index (κ2) is 9.34. The molecule has 1 N–H and O–H groups in total. The highest BCUT2D eigenvalue weighted by molar-refractivity contribution is 7.21. The lowest BCUT2D eigenvalue weighted by molar-refractivity contribution is -0.137. The van der Waals surface area contributed by atoms with Gasteiger partial charge in [0, 0.05) is 36.0 Å². The van der Waals surface area contributed by atoms with Crippen LogP contribution in [0.1, 0.15) is 35.3 Å². The number of carbonyl (C=O) groups excluding carboxylic acids is 2. The van der Waals surface area contributed by atoms with Gasteiger partial charge in [-0.2, -0.15) is 13.2 Å². The molecule has 0 saturated carbocycles. The minimum atomic E-state index is -4.39. The Bertz CT molecular complexity index is 1360. The number of anilines is 1. The number of thiazole rings is 1. The number of amides is 1. The molecule has 0 aliphatic carbocycles. The van der Waals surface area contributed by atoms with Gasteiger partial charge in [0.15, 0.2) is 0 Å². The minimum absolute atomic E-state index is 0.0684. The Hall–Kier alpha value is -3.59. The molecule has 4 rings (SSSR count). The number of pyridine rings is 1. The van der Waals surface area contributed by atoms with E-state index in [0.717, 1.165) is 16.8 Å². The van der Waals surface area contributed by atoms with Crippen molar-refractivity contribution in [1.82, 2.24) is 9.97 Å². The second-order valence-corrected chi connectivity index (χ2v) is 9.14. The van der Waals surface area contributed by atoms with Gasteiger partial charge in [-0.05, 0) is 42.0 Å². The molecule has 0 spiro atoms. The van der Waals surface area contributed by atoms with E-state index in [9.17, 15) is 22.8 Å². The maximum absolute atomic E-state index is 12.8. The highest BCUT2D eigenvalue weighted by Crippen LogP contribution is 2.34. The molecule has 0 unspecified atom stereocenters. The number of Topliss-reactive ketones (excluding diaryl/α,β-unsaturated/α-hetero) is 1. The summed E-state index contributed by atoms with van der Waals surface area (Å²) in [6.45, 7) is 3.65. The third kappa shape index (κ3) is 5.31. The van der Waals surface area contributed by atoms with Crippen molar-refractivity contribution in [3.63, 3.8) is 0 Å². The number of hydrogen-bond donors (Lipinski definition) is 1. The predicted molar refractivity (Wildman–Crippen MR) is 126 cm³/mol. The number of rotatable bonds is 6. The fourth-order valence-corrected chi connectivity index (χ4v) is 4.26. The Morgan fingerprint density at radius 1 is 1.03 bits per heavy atom. The number of nitrogens with one attached hydrogen (secondary N) is 1. The summed E-state index contributed by atoms with van der Waals surface area (Å²) >= 11 is 1.32. The highest BCUT2D eigenvalue weighted by Gasteiger charge is 2.30. The van der Waals surface area contributed by atoms with E-state index in [1.807, 2.05) is 13.8 Å². The molecular weight excluding hydrogens is 463 g/mol. The topological polar surface area (TPSA) is 72.0 Å². The van der Waals surface area contributed by atoms with E-state index in [2.05, 4.69) is 15.3 Å². The summed E-state index contributed by atoms with van der Waals surface area (Å²) in [6.07, 6.45) is -1.17. The van der Waals surface area contributed by atoms with Crippen molar-refractivity contribution in [1.29, 1.82) is 0 Å². The van der Waals surface area contributed by atoms with Crippen molar-refractivity contribution in [2.45, 2.75) is 26.4 Å². The van der Waals surface area contributed by atoms with Crippen molar-refractivity contribution in [2.24, 2.45) is 5.92 Å². The van der Waals surface area contributed by atoms with Gasteiger partial charge in [0.25, 0.3) is 5.91 Å². The second-order valence-electron chi connectivity index (χ2n) is 8.11. The molecule has 2 aromatic carbocycles. The van der Waals surface area contributed by atoms with Gasteiger partial charge in [-0.15, -0.1) is 11.3 Å². The Morgan fingerprint density at radius 2 is 1.76 bits per heavy atom. The number of ketones is 1. The zero-order valence-corrected chi connectivity index (χ0v) is 19.1. The van der Waals surface area contributed by atoms with Crippen LogP contribution in [0.4, 0.5) is 18.9 Å². The van der Waals surface area contributed by atoms with Crippen molar-refractivity contribution < 1.29 is 22.8 Å². The third-order valence-corrected chi connectivity index (χ3v) is 6.25. The molecule has 0 fully saturated rings. The van der Waals surface area contributed by atoms with Crippen molar-refractivity contribution >= 4 is 38.9 Å². The summed E-state index contributed by atoms with van der Waals surface area (Å²) in [5.41, 5.74) is 2.10. The van der Waals surface area contributed by atoms with Crippen LogP contribution in [0.15, 0.2) is 60.9 Å². The van der Waals surface area contributed by atoms with Crippen LogP contribution in [0.25, 0.3) is 20.8 Å². The standard InChI is InChI=1S/C25H20F3N3O2S/c1-14(2)21(32)10-15-9-17(13-29-12-15)23(33)30-19-7-8-20-22(11-19)34-24(31-20)16-3-5-18(6-4-16)25(26,27)28/h3-9,11-14H,10H2,1-2H3,(H,30,33). The fourth-order valence-electron chi connectivity index (χ4n) is 3.24. The van der Waals surface area contributed by atoms with E-state index in [1.54, 1.807) is 30.5 Å². The van der Waals surface area contributed by atoms with Crippen molar-refractivity contribution in [3.05, 3.63) is 77.6 Å². The molecule has 0 aliphatic rings. The van der Waals surface area contributed by atoms with E-state index < -0.39 is 11.7 Å². The molecule has 1 amide bonds. The first-order valence-electron chi connectivity index (χ1n) is 10.5. The molecule has 0 saturated heterocycles. The Labute approximate surface area is 197 Å². The number of aromatic nitrogens is 2. The third-order valence-electron chi connectivity index (χ3n) is 5.18. The summed E-state index contributed by atoms with van der Waals surface area (Å²) in [5, 5.41) is 3.40. The summed E-state index contributed by atoms with van der Waals surface area (Å²) in [7, 11) is 0. The normalized spacial score (nSPS) is 11.7.